The summed E-state index contributed by atoms with van der Waals surface area (Å²) >= 11 is 5.94. The van der Waals surface area contributed by atoms with Gasteiger partial charge in [0.1, 0.15) is 6.04 Å². The standard InChI is InChI=1S/C16H12ClF3N2O/c17-11-5-1-3-9(7-11)14-13(21)15(23)22(14)12-6-2-4-10(8-12)16(18,19)20/h1-8,13-14H,21H2/t13-,14-/m0/s1. The van der Waals surface area contributed by atoms with Gasteiger partial charge in [0.2, 0.25) is 5.91 Å². The molecule has 2 aromatic carbocycles. The molecule has 1 aliphatic rings. The third kappa shape index (κ3) is 2.80. The number of nitrogens with zero attached hydrogens (tertiary/aromatic N) is 1. The number of rotatable bonds is 2. The molecule has 1 amide bonds. The Hall–Kier alpha value is -2.05. The topological polar surface area (TPSA) is 46.3 Å². The lowest BCUT2D eigenvalue weighted by Crippen LogP contribution is -2.63. The summed E-state index contributed by atoms with van der Waals surface area (Å²) in [6, 6.07) is 10.1. The van der Waals surface area contributed by atoms with Crippen molar-refractivity contribution in [2.75, 3.05) is 4.90 Å². The average molecular weight is 341 g/mol. The average Bonchev–Trinajstić information content (AvgIpc) is 2.50. The van der Waals surface area contributed by atoms with Crippen LogP contribution in [-0.4, -0.2) is 11.9 Å². The van der Waals surface area contributed by atoms with Gasteiger partial charge in [0, 0.05) is 10.7 Å². The van der Waals surface area contributed by atoms with Crippen molar-refractivity contribution in [1.82, 2.24) is 0 Å². The number of hydrogen-bond acceptors (Lipinski definition) is 2. The Morgan fingerprint density at radius 3 is 2.43 bits per heavy atom. The lowest BCUT2D eigenvalue weighted by molar-refractivity contribution is -0.137. The monoisotopic (exact) mass is 340 g/mol. The first-order chi connectivity index (χ1) is 10.8. The highest BCUT2D eigenvalue weighted by molar-refractivity contribution is 6.30. The van der Waals surface area contributed by atoms with Crippen molar-refractivity contribution in [2.45, 2.75) is 18.3 Å². The van der Waals surface area contributed by atoms with E-state index in [1.54, 1.807) is 24.3 Å². The quantitative estimate of drug-likeness (QED) is 0.846. The minimum absolute atomic E-state index is 0.163. The molecule has 0 aromatic heterocycles. The van der Waals surface area contributed by atoms with E-state index in [-0.39, 0.29) is 5.69 Å². The van der Waals surface area contributed by atoms with Gasteiger partial charge in [-0.3, -0.25) is 4.79 Å². The number of halogens is 4. The van der Waals surface area contributed by atoms with E-state index in [9.17, 15) is 18.0 Å². The second-order valence-electron chi connectivity index (χ2n) is 5.28. The fraction of sp³-hybridized carbons (Fsp3) is 0.188. The summed E-state index contributed by atoms with van der Waals surface area (Å²) in [5.74, 6) is -0.422. The largest absolute Gasteiger partial charge is 0.416 e. The van der Waals surface area contributed by atoms with Crippen LogP contribution >= 0.6 is 11.6 Å². The maximum Gasteiger partial charge on any atom is 0.416 e. The Morgan fingerprint density at radius 2 is 1.78 bits per heavy atom. The maximum atomic E-state index is 12.9. The summed E-state index contributed by atoms with van der Waals surface area (Å²) in [5, 5.41) is 0.470. The molecule has 23 heavy (non-hydrogen) atoms. The van der Waals surface area contributed by atoms with Crippen molar-refractivity contribution in [1.29, 1.82) is 0 Å². The van der Waals surface area contributed by atoms with E-state index in [0.717, 1.165) is 12.1 Å². The molecular formula is C16H12ClF3N2O. The molecule has 0 radical (unpaired) electrons. The molecule has 0 spiro atoms. The summed E-state index contributed by atoms with van der Waals surface area (Å²) < 4.78 is 38.6. The summed E-state index contributed by atoms with van der Waals surface area (Å²) in [6.07, 6.45) is -4.47. The van der Waals surface area contributed by atoms with Gasteiger partial charge in [0.15, 0.2) is 0 Å². The van der Waals surface area contributed by atoms with Gasteiger partial charge in [-0.2, -0.15) is 13.2 Å². The number of alkyl halides is 3. The number of anilines is 1. The van der Waals surface area contributed by atoms with Crippen molar-refractivity contribution in [2.24, 2.45) is 5.73 Å². The molecule has 0 unspecified atom stereocenters. The van der Waals surface area contributed by atoms with E-state index < -0.39 is 29.7 Å². The van der Waals surface area contributed by atoms with Gasteiger partial charge in [-0.15, -0.1) is 0 Å². The Kier molecular flexibility index (Phi) is 3.82. The normalized spacial score (nSPS) is 21.3. The number of benzene rings is 2. The molecule has 2 aromatic rings. The third-order valence-corrected chi connectivity index (χ3v) is 4.02. The highest BCUT2D eigenvalue weighted by atomic mass is 35.5. The van der Waals surface area contributed by atoms with E-state index in [1.165, 1.54) is 17.0 Å². The maximum absolute atomic E-state index is 12.9. The number of carbonyl (C=O) groups is 1. The third-order valence-electron chi connectivity index (χ3n) is 3.78. The minimum atomic E-state index is -4.47. The number of carbonyl (C=O) groups excluding carboxylic acids is 1. The molecule has 1 aliphatic heterocycles. The van der Waals surface area contributed by atoms with Crippen LogP contribution in [0.25, 0.3) is 0 Å². The zero-order chi connectivity index (χ0) is 16.8. The smallest absolute Gasteiger partial charge is 0.318 e. The summed E-state index contributed by atoms with van der Waals surface area (Å²) in [7, 11) is 0. The van der Waals surface area contributed by atoms with Gasteiger partial charge in [0.05, 0.1) is 11.6 Å². The molecule has 1 fully saturated rings. The van der Waals surface area contributed by atoms with Crippen molar-refractivity contribution >= 4 is 23.2 Å². The van der Waals surface area contributed by atoms with Crippen molar-refractivity contribution in [3.63, 3.8) is 0 Å². The predicted octanol–water partition coefficient (Wildman–Crippen LogP) is 3.77. The van der Waals surface area contributed by atoms with Crippen LogP contribution in [0.2, 0.25) is 5.02 Å². The first-order valence-corrected chi connectivity index (χ1v) is 7.18. The lowest BCUT2D eigenvalue weighted by Gasteiger charge is -2.45. The molecule has 3 rings (SSSR count). The van der Waals surface area contributed by atoms with Crippen LogP contribution in [0.1, 0.15) is 17.2 Å². The number of β-lactam (4-membered cyclic amide) rings is 1. The van der Waals surface area contributed by atoms with Crippen LogP contribution in [0, 0.1) is 0 Å². The molecule has 2 N–H and O–H groups in total. The van der Waals surface area contributed by atoms with Crippen LogP contribution in [0.4, 0.5) is 18.9 Å². The SMILES string of the molecule is N[C@@H]1C(=O)N(c2cccc(C(F)(F)F)c2)[C@H]1c1cccc(Cl)c1. The van der Waals surface area contributed by atoms with Crippen LogP contribution in [0.15, 0.2) is 48.5 Å². The molecule has 0 saturated carbocycles. The number of nitrogens with two attached hydrogens (primary N) is 1. The molecule has 2 atom stereocenters. The molecule has 120 valence electrons. The number of amides is 1. The van der Waals surface area contributed by atoms with Crippen molar-refractivity contribution in [3.8, 4) is 0 Å². The second-order valence-corrected chi connectivity index (χ2v) is 5.72. The van der Waals surface area contributed by atoms with Crippen LogP contribution < -0.4 is 10.6 Å². The van der Waals surface area contributed by atoms with Crippen LogP contribution in [-0.2, 0) is 11.0 Å². The van der Waals surface area contributed by atoms with Gasteiger partial charge < -0.3 is 10.6 Å². The number of hydrogen-bond donors (Lipinski definition) is 1. The summed E-state index contributed by atoms with van der Waals surface area (Å²) in [6.45, 7) is 0. The Labute approximate surface area is 135 Å². The Bertz CT molecular complexity index is 763. The predicted molar refractivity (Wildman–Crippen MR) is 81.1 cm³/mol. The fourth-order valence-electron chi connectivity index (χ4n) is 2.68. The Balaban J connectivity index is 2.00. The zero-order valence-electron chi connectivity index (χ0n) is 11.7. The van der Waals surface area contributed by atoms with Crippen molar-refractivity contribution < 1.29 is 18.0 Å². The second kappa shape index (κ2) is 5.54. The molecule has 7 heteroatoms. The van der Waals surface area contributed by atoms with E-state index >= 15 is 0 Å². The zero-order valence-corrected chi connectivity index (χ0v) is 12.5. The molecule has 1 heterocycles. The molecule has 0 bridgehead atoms. The van der Waals surface area contributed by atoms with Gasteiger partial charge in [-0.05, 0) is 35.9 Å². The molecule has 0 aliphatic carbocycles. The van der Waals surface area contributed by atoms with Gasteiger partial charge in [-0.25, -0.2) is 0 Å². The van der Waals surface area contributed by atoms with Crippen LogP contribution in [0.5, 0.6) is 0 Å². The van der Waals surface area contributed by atoms with Gasteiger partial charge >= 0.3 is 6.18 Å². The molecular weight excluding hydrogens is 329 g/mol. The van der Waals surface area contributed by atoms with E-state index in [0.29, 0.717) is 10.6 Å². The van der Waals surface area contributed by atoms with E-state index in [1.807, 2.05) is 0 Å². The van der Waals surface area contributed by atoms with Crippen LogP contribution in [0.3, 0.4) is 0 Å². The van der Waals surface area contributed by atoms with Gasteiger partial charge in [-0.1, -0.05) is 29.8 Å². The fourth-order valence-corrected chi connectivity index (χ4v) is 2.88. The van der Waals surface area contributed by atoms with E-state index in [2.05, 4.69) is 0 Å². The van der Waals surface area contributed by atoms with Gasteiger partial charge in [0.25, 0.3) is 0 Å². The highest BCUT2D eigenvalue weighted by Crippen LogP contribution is 2.40. The molecule has 1 saturated heterocycles. The summed E-state index contributed by atoms with van der Waals surface area (Å²) in [4.78, 5) is 13.3. The summed E-state index contributed by atoms with van der Waals surface area (Å²) in [5.41, 5.74) is 5.88. The van der Waals surface area contributed by atoms with Crippen molar-refractivity contribution in [3.05, 3.63) is 64.7 Å². The first-order valence-electron chi connectivity index (χ1n) is 6.80. The minimum Gasteiger partial charge on any atom is -0.318 e. The Morgan fingerprint density at radius 1 is 1.09 bits per heavy atom. The highest BCUT2D eigenvalue weighted by Gasteiger charge is 2.47. The lowest BCUT2D eigenvalue weighted by atomic mass is 9.88. The molecule has 3 nitrogen and oxygen atoms in total. The first kappa shape index (κ1) is 15.8. The van der Waals surface area contributed by atoms with E-state index in [4.69, 9.17) is 17.3 Å².